The van der Waals surface area contributed by atoms with Crippen LogP contribution in [0.1, 0.15) is 49.5 Å². The molecular weight excluding hydrogens is 388 g/mol. The van der Waals surface area contributed by atoms with Crippen LogP contribution in [0.2, 0.25) is 0 Å². The number of benzene rings is 1. The van der Waals surface area contributed by atoms with Crippen molar-refractivity contribution in [1.82, 2.24) is 4.90 Å². The first-order valence-corrected chi connectivity index (χ1v) is 10.3. The minimum Gasteiger partial charge on any atom is -0.458 e. The summed E-state index contributed by atoms with van der Waals surface area (Å²) in [7, 11) is 0. The van der Waals surface area contributed by atoms with Crippen LogP contribution in [0.5, 0.6) is 0 Å². The Balaban J connectivity index is 1.82. The number of rotatable bonds is 4. The molecule has 2 atom stereocenters. The molecule has 0 saturated carbocycles. The number of likely N-dealkylation sites (tertiary alicyclic amines) is 1. The van der Waals surface area contributed by atoms with Crippen molar-refractivity contribution < 1.29 is 29.0 Å². The number of ether oxygens (including phenoxy) is 2. The van der Waals surface area contributed by atoms with Crippen LogP contribution in [0.3, 0.4) is 0 Å². The molecule has 2 aliphatic rings. The number of carbonyl (C=O) groups is 3. The quantitative estimate of drug-likeness (QED) is 0.747. The van der Waals surface area contributed by atoms with Gasteiger partial charge in [-0.2, -0.15) is 0 Å². The fourth-order valence-electron chi connectivity index (χ4n) is 3.80. The molecule has 1 aromatic rings. The summed E-state index contributed by atoms with van der Waals surface area (Å²) in [6, 6.07) is 5.27. The monoisotopic (exact) mass is 418 g/mol. The molecule has 1 N–H and O–H groups in total. The number of aliphatic hydroxyl groups excluding tert-OH is 1. The van der Waals surface area contributed by atoms with Crippen molar-refractivity contribution in [3.05, 3.63) is 29.3 Å². The summed E-state index contributed by atoms with van der Waals surface area (Å²) < 4.78 is 10.6. The first-order valence-electron chi connectivity index (χ1n) is 10.3. The van der Waals surface area contributed by atoms with Gasteiger partial charge in [-0.05, 0) is 58.2 Å². The van der Waals surface area contributed by atoms with E-state index < -0.39 is 29.7 Å². The van der Waals surface area contributed by atoms with Gasteiger partial charge in [-0.15, -0.1) is 0 Å². The Morgan fingerprint density at radius 1 is 1.20 bits per heavy atom. The van der Waals surface area contributed by atoms with Crippen molar-refractivity contribution in [3.63, 3.8) is 0 Å². The number of anilines is 1. The Morgan fingerprint density at radius 3 is 2.50 bits per heavy atom. The lowest BCUT2D eigenvalue weighted by molar-refractivity contribution is -0.177. The van der Waals surface area contributed by atoms with E-state index >= 15 is 0 Å². The zero-order valence-electron chi connectivity index (χ0n) is 18.0. The highest BCUT2D eigenvalue weighted by atomic mass is 16.6. The predicted molar refractivity (Wildman–Crippen MR) is 110 cm³/mol. The molecule has 8 heteroatoms. The maximum atomic E-state index is 13.1. The molecule has 2 saturated heterocycles. The van der Waals surface area contributed by atoms with Crippen LogP contribution in [0, 0.1) is 6.92 Å². The number of aliphatic hydroxyl groups is 1. The van der Waals surface area contributed by atoms with Crippen LogP contribution in [0.15, 0.2) is 18.2 Å². The van der Waals surface area contributed by atoms with Gasteiger partial charge in [0.05, 0.1) is 6.61 Å². The van der Waals surface area contributed by atoms with Gasteiger partial charge in [0.15, 0.2) is 12.2 Å². The van der Waals surface area contributed by atoms with Crippen molar-refractivity contribution in [1.29, 1.82) is 0 Å². The van der Waals surface area contributed by atoms with E-state index in [1.807, 2.05) is 4.90 Å². The summed E-state index contributed by atoms with van der Waals surface area (Å²) in [4.78, 5) is 41.5. The molecule has 0 spiro atoms. The molecule has 0 radical (unpaired) electrons. The van der Waals surface area contributed by atoms with Gasteiger partial charge in [-0.1, -0.05) is 6.07 Å². The molecule has 30 heavy (non-hydrogen) atoms. The zero-order chi connectivity index (χ0) is 22.1. The average molecular weight is 418 g/mol. The molecule has 0 aliphatic carbocycles. The summed E-state index contributed by atoms with van der Waals surface area (Å²) in [5.74, 6) is -1.48. The smallest absolute Gasteiger partial charge is 0.338 e. The van der Waals surface area contributed by atoms with E-state index in [-0.39, 0.29) is 19.1 Å². The normalized spacial score (nSPS) is 21.0. The first kappa shape index (κ1) is 22.2. The van der Waals surface area contributed by atoms with Crippen LogP contribution in [-0.4, -0.2) is 71.8 Å². The van der Waals surface area contributed by atoms with E-state index in [0.29, 0.717) is 16.8 Å². The Kier molecular flexibility index (Phi) is 6.47. The second kappa shape index (κ2) is 8.73. The number of nitrogens with zero attached hydrogens (tertiary/aromatic N) is 2. The lowest BCUT2D eigenvalue weighted by Crippen LogP contribution is -2.55. The average Bonchev–Trinajstić information content (AvgIpc) is 3.21. The Morgan fingerprint density at radius 2 is 1.87 bits per heavy atom. The number of carbonyl (C=O) groups excluding carboxylic acids is 3. The van der Waals surface area contributed by atoms with Crippen LogP contribution in [0.4, 0.5) is 5.69 Å². The summed E-state index contributed by atoms with van der Waals surface area (Å²) in [6.45, 7) is 8.74. The van der Waals surface area contributed by atoms with E-state index in [9.17, 15) is 19.5 Å². The van der Waals surface area contributed by atoms with Gasteiger partial charge < -0.3 is 24.4 Å². The number of morpholine rings is 1. The van der Waals surface area contributed by atoms with Gasteiger partial charge in [-0.3, -0.25) is 9.59 Å². The van der Waals surface area contributed by atoms with E-state index in [1.165, 1.54) is 4.90 Å². The van der Waals surface area contributed by atoms with E-state index in [2.05, 4.69) is 0 Å². The fraction of sp³-hybridized carbons (Fsp3) is 0.591. The maximum Gasteiger partial charge on any atom is 0.338 e. The van der Waals surface area contributed by atoms with Gasteiger partial charge in [0.25, 0.3) is 11.8 Å². The second-order valence-electron chi connectivity index (χ2n) is 8.71. The summed E-state index contributed by atoms with van der Waals surface area (Å²) in [5.41, 5.74) is 1.03. The molecule has 0 bridgehead atoms. The van der Waals surface area contributed by atoms with E-state index in [4.69, 9.17) is 9.47 Å². The summed E-state index contributed by atoms with van der Waals surface area (Å²) in [5, 5.41) is 10.4. The Bertz CT molecular complexity index is 825. The molecule has 0 unspecified atom stereocenters. The third-order valence-electron chi connectivity index (χ3n) is 5.28. The lowest BCUT2D eigenvalue weighted by Gasteiger charge is -2.35. The van der Waals surface area contributed by atoms with E-state index in [0.717, 1.165) is 25.9 Å². The second-order valence-corrected chi connectivity index (χ2v) is 8.71. The molecule has 164 valence electrons. The molecule has 2 aliphatic heterocycles. The maximum absolute atomic E-state index is 13.1. The van der Waals surface area contributed by atoms with Crippen LogP contribution in [-0.2, 0) is 19.1 Å². The summed E-state index contributed by atoms with van der Waals surface area (Å²) in [6.07, 6.45) is -1.09. The van der Waals surface area contributed by atoms with Crippen molar-refractivity contribution >= 4 is 23.5 Å². The third kappa shape index (κ3) is 4.65. The minimum absolute atomic E-state index is 0.0436. The van der Waals surface area contributed by atoms with Crippen LogP contribution >= 0.6 is 0 Å². The number of esters is 1. The SMILES string of the molecule is Cc1c(C(=O)N2CCCC2)cccc1N1CCO[C@H]([C@@H](O)C(=O)OC(C)(C)C)C1=O. The number of hydrogen-bond donors (Lipinski definition) is 1. The first-order chi connectivity index (χ1) is 14.1. The van der Waals surface area contributed by atoms with Crippen molar-refractivity contribution in [2.45, 2.75) is 58.3 Å². The Labute approximate surface area is 176 Å². The van der Waals surface area contributed by atoms with E-state index in [1.54, 1.807) is 45.9 Å². The molecule has 2 heterocycles. The van der Waals surface area contributed by atoms with Gasteiger partial charge >= 0.3 is 5.97 Å². The largest absolute Gasteiger partial charge is 0.458 e. The molecule has 2 fully saturated rings. The molecule has 1 aromatic carbocycles. The highest BCUT2D eigenvalue weighted by Crippen LogP contribution is 2.28. The highest BCUT2D eigenvalue weighted by molar-refractivity contribution is 6.03. The van der Waals surface area contributed by atoms with Gasteiger partial charge in [-0.25, -0.2) is 4.79 Å². The van der Waals surface area contributed by atoms with Crippen molar-refractivity contribution in [2.75, 3.05) is 31.1 Å². The fourth-order valence-corrected chi connectivity index (χ4v) is 3.80. The predicted octanol–water partition coefficient (Wildman–Crippen LogP) is 1.67. The topological polar surface area (TPSA) is 96.4 Å². The van der Waals surface area contributed by atoms with Gasteiger partial charge in [0, 0.05) is 30.9 Å². The number of amides is 2. The standard InChI is InChI=1S/C22H30N2O6/c1-14-15(19(26)23-10-5-6-11-23)8-7-9-16(14)24-12-13-29-18(20(24)27)17(25)21(28)30-22(2,3)4/h7-9,17-18,25H,5-6,10-13H2,1-4H3/t17-,18-/m1/s1. The Hall–Kier alpha value is -2.45. The molecule has 0 aromatic heterocycles. The molecule has 3 rings (SSSR count). The van der Waals surface area contributed by atoms with Crippen LogP contribution < -0.4 is 4.90 Å². The molecule has 2 amide bonds. The van der Waals surface area contributed by atoms with Crippen molar-refractivity contribution in [2.24, 2.45) is 0 Å². The van der Waals surface area contributed by atoms with Crippen LogP contribution in [0.25, 0.3) is 0 Å². The van der Waals surface area contributed by atoms with Gasteiger partial charge in [0.2, 0.25) is 0 Å². The van der Waals surface area contributed by atoms with Gasteiger partial charge in [0.1, 0.15) is 5.60 Å². The van der Waals surface area contributed by atoms with Crippen molar-refractivity contribution in [3.8, 4) is 0 Å². The third-order valence-corrected chi connectivity index (χ3v) is 5.28. The lowest BCUT2D eigenvalue weighted by atomic mass is 10.0. The zero-order valence-corrected chi connectivity index (χ0v) is 18.0. The minimum atomic E-state index is -1.73. The summed E-state index contributed by atoms with van der Waals surface area (Å²) >= 11 is 0. The molecular formula is C22H30N2O6. The molecule has 8 nitrogen and oxygen atoms in total. The number of hydrogen-bond acceptors (Lipinski definition) is 6. The highest BCUT2D eigenvalue weighted by Gasteiger charge is 2.41.